The predicted molar refractivity (Wildman–Crippen MR) is 278 cm³/mol. The Balaban J connectivity index is 5.10. The van der Waals surface area contributed by atoms with E-state index >= 15 is 0 Å². The number of hydrogen-bond donors (Lipinski definition) is 0. The lowest BCUT2D eigenvalue weighted by Gasteiger charge is -2.28. The van der Waals surface area contributed by atoms with E-state index in [-0.39, 0.29) is 23.8 Å². The van der Waals surface area contributed by atoms with Crippen LogP contribution in [0, 0.1) is 11.8 Å². The maximum Gasteiger partial charge on any atom is 0.308 e. The minimum absolute atomic E-state index is 0.0487. The van der Waals surface area contributed by atoms with E-state index in [0.717, 1.165) is 142 Å². The van der Waals surface area contributed by atoms with Crippen molar-refractivity contribution >= 4 is 11.9 Å². The van der Waals surface area contributed by atoms with Crippen molar-refractivity contribution in [2.45, 2.75) is 233 Å². The highest BCUT2D eigenvalue weighted by molar-refractivity contribution is 5.72. The zero-order chi connectivity index (χ0) is 48.2. The molecule has 0 aliphatic heterocycles. The molecule has 394 valence electrons. The molecule has 10 nitrogen and oxygen atoms in total. The molecule has 0 saturated heterocycles. The van der Waals surface area contributed by atoms with Crippen LogP contribution >= 0.6 is 0 Å². The van der Waals surface area contributed by atoms with Crippen LogP contribution in [-0.4, -0.2) is 128 Å². The molecule has 0 N–H and O–H groups in total. The number of hydrogen-bond acceptors (Lipinski definition) is 10. The summed E-state index contributed by atoms with van der Waals surface area (Å²) in [5.41, 5.74) is 0. The standard InChI is InChI=1S/C56H112N2O8/c1-7-11-15-19-21-29-37-53(35-27-17-13-9-3)55(59)65-45-33-25-23-31-39-57(41-42-58(43-47-63-51-49-61-5)44-48-64-52-50-62-6)40-32-24-26-34-46-66-56(60)54(36-28-18-14-10-4)38-30-22-20-16-12-8-2/h53-54H,7-52H2,1-6H3. The minimum atomic E-state index is 0.0487. The normalized spacial score (nSPS) is 12.7. The summed E-state index contributed by atoms with van der Waals surface area (Å²) in [6.07, 6.45) is 37.3. The fourth-order valence-corrected chi connectivity index (χ4v) is 8.73. The Hall–Kier alpha value is -1.30. The van der Waals surface area contributed by atoms with Crippen molar-refractivity contribution in [3.05, 3.63) is 0 Å². The summed E-state index contributed by atoms with van der Waals surface area (Å²) >= 11 is 0. The number of ether oxygens (including phenoxy) is 6. The van der Waals surface area contributed by atoms with Crippen molar-refractivity contribution in [2.75, 3.05) is 106 Å². The molecule has 0 amide bonds. The van der Waals surface area contributed by atoms with E-state index in [1.165, 1.54) is 103 Å². The van der Waals surface area contributed by atoms with Crippen molar-refractivity contribution < 1.29 is 38.0 Å². The molecular weight excluding hydrogens is 829 g/mol. The van der Waals surface area contributed by atoms with Crippen LogP contribution in [-0.2, 0) is 38.0 Å². The van der Waals surface area contributed by atoms with Crippen LogP contribution in [0.25, 0.3) is 0 Å². The van der Waals surface area contributed by atoms with E-state index < -0.39 is 0 Å². The van der Waals surface area contributed by atoms with Gasteiger partial charge in [0.15, 0.2) is 0 Å². The number of rotatable bonds is 55. The third-order valence-electron chi connectivity index (χ3n) is 13.2. The second kappa shape index (κ2) is 53.1. The topological polar surface area (TPSA) is 96.0 Å². The van der Waals surface area contributed by atoms with Crippen molar-refractivity contribution in [1.29, 1.82) is 0 Å². The second-order valence-corrected chi connectivity index (χ2v) is 19.3. The average molecular weight is 942 g/mol. The van der Waals surface area contributed by atoms with E-state index in [9.17, 15) is 9.59 Å². The van der Waals surface area contributed by atoms with Gasteiger partial charge in [0.25, 0.3) is 0 Å². The van der Waals surface area contributed by atoms with Crippen molar-refractivity contribution in [2.24, 2.45) is 11.8 Å². The Morgan fingerprint density at radius 1 is 0.318 bits per heavy atom. The molecule has 2 unspecified atom stereocenters. The summed E-state index contributed by atoms with van der Waals surface area (Å²) < 4.78 is 33.9. The van der Waals surface area contributed by atoms with Gasteiger partial charge in [-0.2, -0.15) is 0 Å². The van der Waals surface area contributed by atoms with Crippen LogP contribution in [0.2, 0.25) is 0 Å². The number of esters is 2. The van der Waals surface area contributed by atoms with Crippen LogP contribution in [0.15, 0.2) is 0 Å². The lowest BCUT2D eigenvalue weighted by Crippen LogP contribution is -2.39. The van der Waals surface area contributed by atoms with Gasteiger partial charge in [-0.3, -0.25) is 14.5 Å². The average Bonchev–Trinajstić information content (AvgIpc) is 3.32. The molecule has 10 heteroatoms. The molecule has 0 aromatic heterocycles. The fourth-order valence-electron chi connectivity index (χ4n) is 8.73. The number of carbonyl (C=O) groups excluding carboxylic acids is 2. The van der Waals surface area contributed by atoms with Crippen molar-refractivity contribution in [3.63, 3.8) is 0 Å². The first-order chi connectivity index (χ1) is 32.5. The molecule has 0 radical (unpaired) electrons. The monoisotopic (exact) mass is 941 g/mol. The van der Waals surface area contributed by atoms with Crippen LogP contribution < -0.4 is 0 Å². The van der Waals surface area contributed by atoms with Crippen LogP contribution in [0.3, 0.4) is 0 Å². The molecule has 0 heterocycles. The maximum absolute atomic E-state index is 13.2. The molecular formula is C56H112N2O8. The van der Waals surface area contributed by atoms with E-state index in [1.54, 1.807) is 14.2 Å². The zero-order valence-corrected chi connectivity index (χ0v) is 44.8. The van der Waals surface area contributed by atoms with E-state index in [2.05, 4.69) is 37.5 Å². The van der Waals surface area contributed by atoms with Crippen LogP contribution in [0.4, 0.5) is 0 Å². The SMILES string of the molecule is CCCCCCCCC(CCCCCC)C(=O)OCCCCCCN(CCCCCCOC(=O)C(CCCCCC)CCCCCCCC)CCN(CCOCCOC)CCOCCOC. The Morgan fingerprint density at radius 2 is 0.621 bits per heavy atom. The smallest absolute Gasteiger partial charge is 0.308 e. The van der Waals surface area contributed by atoms with Crippen LogP contribution in [0.5, 0.6) is 0 Å². The highest BCUT2D eigenvalue weighted by Crippen LogP contribution is 2.22. The van der Waals surface area contributed by atoms with Gasteiger partial charge in [0, 0.05) is 40.4 Å². The second-order valence-electron chi connectivity index (χ2n) is 19.3. The molecule has 0 aromatic rings. The molecule has 0 spiro atoms. The largest absolute Gasteiger partial charge is 0.465 e. The van der Waals surface area contributed by atoms with Gasteiger partial charge in [-0.15, -0.1) is 0 Å². The van der Waals surface area contributed by atoms with Gasteiger partial charge in [0.2, 0.25) is 0 Å². The molecule has 0 saturated carbocycles. The quantitative estimate of drug-likeness (QED) is 0.0433. The lowest BCUT2D eigenvalue weighted by molar-refractivity contribution is -0.150. The van der Waals surface area contributed by atoms with E-state index in [1.807, 2.05) is 0 Å². The van der Waals surface area contributed by atoms with Crippen LogP contribution in [0.1, 0.15) is 233 Å². The first-order valence-electron chi connectivity index (χ1n) is 28.4. The maximum atomic E-state index is 13.2. The fraction of sp³-hybridized carbons (Fsp3) is 0.964. The van der Waals surface area contributed by atoms with E-state index in [4.69, 9.17) is 28.4 Å². The minimum Gasteiger partial charge on any atom is -0.465 e. The molecule has 0 aromatic carbocycles. The Kier molecular flexibility index (Phi) is 52.0. The third-order valence-corrected chi connectivity index (χ3v) is 13.2. The van der Waals surface area contributed by atoms with Gasteiger partial charge in [-0.05, 0) is 64.5 Å². The highest BCUT2D eigenvalue weighted by Gasteiger charge is 2.21. The summed E-state index contributed by atoms with van der Waals surface area (Å²) in [5, 5.41) is 0. The van der Waals surface area contributed by atoms with Gasteiger partial charge in [-0.1, -0.05) is 182 Å². The Morgan fingerprint density at radius 3 is 0.985 bits per heavy atom. The lowest BCUT2D eigenvalue weighted by atomic mass is 9.94. The molecule has 0 bridgehead atoms. The van der Waals surface area contributed by atoms with Gasteiger partial charge in [0.1, 0.15) is 0 Å². The molecule has 0 aliphatic carbocycles. The molecule has 0 aliphatic rings. The summed E-state index contributed by atoms with van der Waals surface area (Å²) in [6, 6.07) is 0. The number of unbranched alkanes of at least 4 members (excludes halogenated alkanes) is 22. The summed E-state index contributed by atoms with van der Waals surface area (Å²) in [7, 11) is 3.41. The number of nitrogens with zero attached hydrogens (tertiary/aromatic N) is 2. The third kappa shape index (κ3) is 43.9. The van der Waals surface area contributed by atoms with Gasteiger partial charge >= 0.3 is 11.9 Å². The zero-order valence-electron chi connectivity index (χ0n) is 44.8. The molecule has 66 heavy (non-hydrogen) atoms. The predicted octanol–water partition coefficient (Wildman–Crippen LogP) is 13.8. The number of methoxy groups -OCH3 is 2. The summed E-state index contributed by atoms with van der Waals surface area (Å²) in [4.78, 5) is 31.5. The Labute approximate surface area is 409 Å². The highest BCUT2D eigenvalue weighted by atomic mass is 16.5. The van der Waals surface area contributed by atoms with Gasteiger partial charge < -0.3 is 33.3 Å². The van der Waals surface area contributed by atoms with Gasteiger partial charge in [0.05, 0.1) is 64.7 Å². The van der Waals surface area contributed by atoms with Crippen molar-refractivity contribution in [3.8, 4) is 0 Å². The number of carbonyl (C=O) groups is 2. The molecule has 0 fully saturated rings. The molecule has 2 atom stereocenters. The van der Waals surface area contributed by atoms with Crippen molar-refractivity contribution in [1.82, 2.24) is 9.80 Å². The first-order valence-corrected chi connectivity index (χ1v) is 28.4. The summed E-state index contributed by atoms with van der Waals surface area (Å²) in [5.74, 6) is 0.240. The first kappa shape index (κ1) is 64.7. The Bertz CT molecular complexity index is 917. The van der Waals surface area contributed by atoms with E-state index in [0.29, 0.717) is 52.9 Å². The summed E-state index contributed by atoms with van der Waals surface area (Å²) in [6.45, 7) is 19.7. The van der Waals surface area contributed by atoms with Gasteiger partial charge in [-0.25, -0.2) is 0 Å². The molecule has 0 rings (SSSR count).